The largest absolute Gasteiger partial charge is 0.352 e. The minimum absolute atomic E-state index is 0.112. The van der Waals surface area contributed by atoms with Gasteiger partial charge < -0.3 is 10.6 Å². The van der Waals surface area contributed by atoms with Crippen LogP contribution in [0, 0.1) is 18.2 Å². The number of aromatic nitrogens is 1. The van der Waals surface area contributed by atoms with Crippen molar-refractivity contribution in [1.29, 1.82) is 0 Å². The number of benzene rings is 2. The number of hydrogen-bond donors (Lipinski definition) is 3. The van der Waals surface area contributed by atoms with Gasteiger partial charge in [-0.25, -0.2) is 13.8 Å². The molecule has 2 amide bonds. The van der Waals surface area contributed by atoms with Gasteiger partial charge in [0.05, 0.1) is 5.03 Å². The predicted octanol–water partition coefficient (Wildman–Crippen LogP) is 7.06. The van der Waals surface area contributed by atoms with Crippen molar-refractivity contribution >= 4 is 52.1 Å². The average molecular weight is 566 g/mol. The van der Waals surface area contributed by atoms with Crippen molar-refractivity contribution in [3.63, 3.8) is 0 Å². The molecule has 2 aromatic carbocycles. The zero-order valence-electron chi connectivity index (χ0n) is 22.6. The Morgan fingerprint density at radius 2 is 1.87 bits per heavy atom. The second kappa shape index (κ2) is 12.9. The number of carbonyl (C=O) groups is 2. The molecule has 0 bridgehead atoms. The van der Waals surface area contributed by atoms with Gasteiger partial charge in [0, 0.05) is 58.7 Å². The summed E-state index contributed by atoms with van der Waals surface area (Å²) >= 11 is 2.41. The third-order valence-electron chi connectivity index (χ3n) is 5.50. The van der Waals surface area contributed by atoms with E-state index in [1.807, 2.05) is 20.8 Å². The number of rotatable bonds is 10. The molecular formula is C29H32FN5O2S2. The Morgan fingerprint density at radius 1 is 1.13 bits per heavy atom. The molecule has 3 aromatic rings. The summed E-state index contributed by atoms with van der Waals surface area (Å²) in [5.74, 6) is -1.23. The number of thiazole rings is 1. The summed E-state index contributed by atoms with van der Waals surface area (Å²) < 4.78 is 19.2. The van der Waals surface area contributed by atoms with Gasteiger partial charge in [-0.2, -0.15) is 0 Å². The Bertz CT molecular complexity index is 1430. The molecular weight excluding hydrogens is 533 g/mol. The van der Waals surface area contributed by atoms with Crippen molar-refractivity contribution in [2.75, 3.05) is 11.9 Å². The highest BCUT2D eigenvalue weighted by atomic mass is 32.2. The molecule has 7 nitrogen and oxygen atoms in total. The van der Waals surface area contributed by atoms with Gasteiger partial charge >= 0.3 is 0 Å². The molecule has 0 fully saturated rings. The summed E-state index contributed by atoms with van der Waals surface area (Å²) in [6.45, 7) is 17.9. The summed E-state index contributed by atoms with van der Waals surface area (Å²) in [4.78, 5) is 30.5. The van der Waals surface area contributed by atoms with E-state index in [1.54, 1.807) is 49.8 Å². The monoisotopic (exact) mass is 565 g/mol. The highest BCUT2D eigenvalue weighted by Gasteiger charge is 2.21. The molecule has 204 valence electrons. The lowest BCUT2D eigenvalue weighted by Crippen LogP contribution is -2.32. The molecule has 0 unspecified atom stereocenters. The van der Waals surface area contributed by atoms with E-state index in [0.717, 1.165) is 11.9 Å². The molecule has 0 spiro atoms. The number of nitrogens with zero attached hydrogens (tertiary/aromatic N) is 2. The number of hydrogen-bond acceptors (Lipinski definition) is 7. The molecule has 1 heterocycles. The lowest BCUT2D eigenvalue weighted by atomic mass is 9.91. The molecule has 1 aromatic heterocycles. The van der Waals surface area contributed by atoms with Gasteiger partial charge in [-0.3, -0.25) is 14.9 Å². The molecule has 39 heavy (non-hydrogen) atoms. The number of carbonyl (C=O) groups excluding carboxylic acids is 2. The summed E-state index contributed by atoms with van der Waals surface area (Å²) in [7, 11) is 0. The average Bonchev–Trinajstić information content (AvgIpc) is 3.39. The highest BCUT2D eigenvalue weighted by Crippen LogP contribution is 2.33. The Balaban J connectivity index is 2.06. The third kappa shape index (κ3) is 8.11. The summed E-state index contributed by atoms with van der Waals surface area (Å²) in [6.07, 6.45) is 3.21. The van der Waals surface area contributed by atoms with Crippen LogP contribution >= 0.6 is 23.3 Å². The number of anilines is 1. The minimum atomic E-state index is -0.464. The fourth-order valence-corrected chi connectivity index (χ4v) is 4.44. The predicted molar refractivity (Wildman–Crippen MR) is 161 cm³/mol. The molecule has 3 N–H and O–H groups in total. The molecule has 0 saturated heterocycles. The maximum absolute atomic E-state index is 15.2. The molecule has 10 heteroatoms. The molecule has 0 atom stereocenters. The van der Waals surface area contributed by atoms with Crippen LogP contribution in [-0.4, -0.2) is 29.6 Å². The van der Waals surface area contributed by atoms with Gasteiger partial charge in [-0.05, 0) is 60.2 Å². The fraction of sp³-hybridized carbons (Fsp3) is 0.241. The summed E-state index contributed by atoms with van der Waals surface area (Å²) in [5.41, 5.74) is 2.62. The summed E-state index contributed by atoms with van der Waals surface area (Å²) in [6, 6.07) is 7.94. The van der Waals surface area contributed by atoms with E-state index in [-0.39, 0.29) is 16.9 Å². The molecule has 0 aliphatic heterocycles. The van der Waals surface area contributed by atoms with E-state index in [0.29, 0.717) is 50.2 Å². The number of nitrogens with one attached hydrogen (secondary N) is 3. The van der Waals surface area contributed by atoms with Crippen molar-refractivity contribution in [3.8, 4) is 11.1 Å². The van der Waals surface area contributed by atoms with Crippen molar-refractivity contribution < 1.29 is 14.0 Å². The SMILES string of the molecule is C=C(NC(=C)c1cc(F)c(C)c(-c2ccc(C(=O)NCC(C)(C)C)cc2C(=O)Nc2nccs2)c1)S/N=C\C. The van der Waals surface area contributed by atoms with Crippen LogP contribution in [0.3, 0.4) is 0 Å². The second-order valence-electron chi connectivity index (χ2n) is 9.91. The first-order chi connectivity index (χ1) is 18.4. The quantitative estimate of drug-likeness (QED) is 0.181. The van der Waals surface area contributed by atoms with Gasteiger partial charge in [0.2, 0.25) is 0 Å². The van der Waals surface area contributed by atoms with E-state index in [4.69, 9.17) is 0 Å². The van der Waals surface area contributed by atoms with Gasteiger partial charge in [-0.15, -0.1) is 11.3 Å². The van der Waals surface area contributed by atoms with Crippen LogP contribution in [0.2, 0.25) is 0 Å². The smallest absolute Gasteiger partial charge is 0.258 e. The van der Waals surface area contributed by atoms with Crippen LogP contribution in [0.1, 0.15) is 59.5 Å². The van der Waals surface area contributed by atoms with E-state index in [9.17, 15) is 9.59 Å². The molecule has 0 radical (unpaired) electrons. The van der Waals surface area contributed by atoms with E-state index >= 15 is 4.39 Å². The van der Waals surface area contributed by atoms with E-state index in [1.165, 1.54) is 23.5 Å². The lowest BCUT2D eigenvalue weighted by molar-refractivity contribution is 0.0939. The van der Waals surface area contributed by atoms with Gasteiger partial charge in [-0.1, -0.05) is 40.0 Å². The Kier molecular flexibility index (Phi) is 9.82. The lowest BCUT2D eigenvalue weighted by Gasteiger charge is -2.19. The molecule has 3 rings (SSSR count). The highest BCUT2D eigenvalue weighted by molar-refractivity contribution is 8.01. The third-order valence-corrected chi connectivity index (χ3v) is 6.83. The first kappa shape index (κ1) is 29.8. The zero-order valence-corrected chi connectivity index (χ0v) is 24.3. The summed E-state index contributed by atoms with van der Waals surface area (Å²) in [5, 5.41) is 11.4. The first-order valence-electron chi connectivity index (χ1n) is 12.1. The van der Waals surface area contributed by atoms with Gasteiger partial charge in [0.15, 0.2) is 5.13 Å². The first-order valence-corrected chi connectivity index (χ1v) is 13.8. The van der Waals surface area contributed by atoms with E-state index < -0.39 is 11.7 Å². The minimum Gasteiger partial charge on any atom is -0.352 e. The maximum Gasteiger partial charge on any atom is 0.258 e. The standard InChI is InChI=1S/C29H32FN5O2S2/c1-8-33-39-19(4)34-18(3)21-14-23(17(2)25(30)15-21)22-10-9-20(26(36)32-16-29(5,6)7)13-24(22)27(37)35-28-31-11-12-38-28/h8-15,34H,3-4,16H2,1-2,5-7H3,(H,32,36)(H,31,35,37)/b33-8-. The van der Waals surface area contributed by atoms with Crippen LogP contribution in [0.25, 0.3) is 16.8 Å². The van der Waals surface area contributed by atoms with Crippen molar-refractivity contribution in [3.05, 3.63) is 88.2 Å². The van der Waals surface area contributed by atoms with Gasteiger partial charge in [0.1, 0.15) is 5.82 Å². The van der Waals surface area contributed by atoms with Crippen LogP contribution in [-0.2, 0) is 0 Å². The Labute approximate surface area is 236 Å². The topological polar surface area (TPSA) is 95.5 Å². The second-order valence-corrected chi connectivity index (χ2v) is 11.7. The van der Waals surface area contributed by atoms with Crippen LogP contribution in [0.15, 0.2) is 64.5 Å². The molecule has 0 aliphatic rings. The molecule has 0 saturated carbocycles. The maximum atomic E-state index is 15.2. The fourth-order valence-electron chi connectivity index (χ4n) is 3.52. The van der Waals surface area contributed by atoms with E-state index in [2.05, 4.69) is 38.5 Å². The number of amides is 2. The van der Waals surface area contributed by atoms with Crippen LogP contribution < -0.4 is 16.0 Å². The van der Waals surface area contributed by atoms with Crippen LogP contribution in [0.4, 0.5) is 9.52 Å². The van der Waals surface area contributed by atoms with Crippen molar-refractivity contribution in [2.24, 2.45) is 9.81 Å². The molecule has 0 aliphatic carbocycles. The zero-order chi connectivity index (χ0) is 28.7. The normalized spacial score (nSPS) is 11.3. The Morgan fingerprint density at radius 3 is 2.51 bits per heavy atom. The van der Waals surface area contributed by atoms with Crippen molar-refractivity contribution in [2.45, 2.75) is 34.6 Å². The van der Waals surface area contributed by atoms with Gasteiger partial charge in [0.25, 0.3) is 11.8 Å². The van der Waals surface area contributed by atoms with Crippen molar-refractivity contribution in [1.82, 2.24) is 15.6 Å². The number of halogens is 1. The van der Waals surface area contributed by atoms with Crippen LogP contribution in [0.5, 0.6) is 0 Å². The Hall–Kier alpha value is -3.76.